The van der Waals surface area contributed by atoms with Gasteiger partial charge in [0.2, 0.25) is 0 Å². The lowest BCUT2D eigenvalue weighted by molar-refractivity contribution is -0.136. The highest BCUT2D eigenvalue weighted by Crippen LogP contribution is 2.27. The van der Waals surface area contributed by atoms with Crippen LogP contribution in [-0.4, -0.2) is 20.6 Å². The van der Waals surface area contributed by atoms with Crippen molar-refractivity contribution in [1.82, 2.24) is 9.55 Å². The van der Waals surface area contributed by atoms with Crippen LogP contribution in [0, 0.1) is 0 Å². The van der Waals surface area contributed by atoms with E-state index in [1.165, 1.54) is 5.39 Å². The fourth-order valence-electron chi connectivity index (χ4n) is 2.47. The van der Waals surface area contributed by atoms with Crippen LogP contribution >= 0.6 is 0 Å². The summed E-state index contributed by atoms with van der Waals surface area (Å²) in [6.07, 6.45) is 2.41. The first-order chi connectivity index (χ1) is 9.16. The van der Waals surface area contributed by atoms with E-state index in [1.807, 2.05) is 31.4 Å². The molecule has 0 aliphatic carbocycles. The maximum absolute atomic E-state index is 10.6. The van der Waals surface area contributed by atoms with Crippen molar-refractivity contribution in [3.8, 4) is 0 Å². The van der Waals surface area contributed by atoms with Gasteiger partial charge in [-0.25, -0.2) is 0 Å². The first kappa shape index (κ1) is 11.7. The Bertz CT molecular complexity index is 774. The van der Waals surface area contributed by atoms with Crippen LogP contribution in [0.1, 0.15) is 12.1 Å². The zero-order valence-electron chi connectivity index (χ0n) is 10.6. The van der Waals surface area contributed by atoms with E-state index in [0.29, 0.717) is 6.42 Å². The highest BCUT2D eigenvalue weighted by atomic mass is 16.4. The summed E-state index contributed by atoms with van der Waals surface area (Å²) in [5, 5.41) is 11.0. The second-order valence-electron chi connectivity index (χ2n) is 4.66. The van der Waals surface area contributed by atoms with Gasteiger partial charge in [0.05, 0.1) is 18.1 Å². The largest absolute Gasteiger partial charge is 0.481 e. The van der Waals surface area contributed by atoms with Crippen molar-refractivity contribution in [2.75, 3.05) is 0 Å². The number of fused-ring (bicyclic) bond motifs is 3. The summed E-state index contributed by atoms with van der Waals surface area (Å²) >= 11 is 0. The molecule has 0 saturated heterocycles. The summed E-state index contributed by atoms with van der Waals surface area (Å²) in [5.41, 5.74) is 3.06. The summed E-state index contributed by atoms with van der Waals surface area (Å²) in [4.78, 5) is 15.0. The molecule has 3 rings (SSSR count). The number of carboxylic acids is 1. The molecule has 4 heteroatoms. The minimum Gasteiger partial charge on any atom is -0.481 e. The lowest BCUT2D eigenvalue weighted by Gasteiger charge is -2.00. The average Bonchev–Trinajstić information content (AvgIpc) is 2.71. The Hall–Kier alpha value is -2.36. The number of aliphatic carboxylic acids is 1. The summed E-state index contributed by atoms with van der Waals surface area (Å²) in [7, 11) is 2.02. The van der Waals surface area contributed by atoms with Gasteiger partial charge in [0.25, 0.3) is 0 Å². The molecular weight excluding hydrogens is 240 g/mol. The maximum Gasteiger partial charge on any atom is 0.303 e. The van der Waals surface area contributed by atoms with Crippen LogP contribution in [0.5, 0.6) is 0 Å². The quantitative estimate of drug-likeness (QED) is 0.782. The van der Waals surface area contributed by atoms with Gasteiger partial charge >= 0.3 is 5.97 Å². The smallest absolute Gasteiger partial charge is 0.303 e. The van der Waals surface area contributed by atoms with Gasteiger partial charge in [-0.3, -0.25) is 9.78 Å². The van der Waals surface area contributed by atoms with Gasteiger partial charge in [-0.2, -0.15) is 0 Å². The van der Waals surface area contributed by atoms with Gasteiger partial charge in [0, 0.05) is 35.5 Å². The molecule has 0 atom stereocenters. The van der Waals surface area contributed by atoms with E-state index in [1.54, 1.807) is 0 Å². The van der Waals surface area contributed by atoms with Crippen LogP contribution in [0.25, 0.3) is 21.8 Å². The number of rotatable bonds is 3. The topological polar surface area (TPSA) is 55.1 Å². The molecule has 0 aliphatic rings. The van der Waals surface area contributed by atoms with Crippen molar-refractivity contribution in [1.29, 1.82) is 0 Å². The molecule has 1 N–H and O–H groups in total. The highest BCUT2D eigenvalue weighted by Gasteiger charge is 2.09. The standard InChI is InChI=1S/C15H14N2O2/c1-17-13-5-3-2-4-11(13)12-8-10(6-7-15(18)19)16-9-14(12)17/h2-5,8-9H,6-7H2,1H3,(H,18,19). The van der Waals surface area contributed by atoms with Crippen LogP contribution in [0.15, 0.2) is 36.5 Å². The molecule has 0 bridgehead atoms. The fraction of sp³-hybridized carbons (Fsp3) is 0.200. The number of carbonyl (C=O) groups is 1. The van der Waals surface area contributed by atoms with Crippen molar-refractivity contribution in [3.63, 3.8) is 0 Å². The highest BCUT2D eigenvalue weighted by molar-refractivity contribution is 6.07. The first-order valence-corrected chi connectivity index (χ1v) is 6.20. The number of benzene rings is 1. The Labute approximate surface area is 110 Å². The van der Waals surface area contributed by atoms with E-state index in [-0.39, 0.29) is 6.42 Å². The molecule has 96 valence electrons. The van der Waals surface area contributed by atoms with E-state index in [9.17, 15) is 4.79 Å². The van der Waals surface area contributed by atoms with Crippen LogP contribution in [0.4, 0.5) is 0 Å². The molecule has 1 aromatic carbocycles. The number of hydrogen-bond donors (Lipinski definition) is 1. The van der Waals surface area contributed by atoms with Crippen molar-refractivity contribution >= 4 is 27.8 Å². The second-order valence-corrected chi connectivity index (χ2v) is 4.66. The Morgan fingerprint density at radius 3 is 2.84 bits per heavy atom. The predicted octanol–water partition coefficient (Wildman–Crippen LogP) is 2.74. The summed E-state index contributed by atoms with van der Waals surface area (Å²) in [6.45, 7) is 0. The van der Waals surface area contributed by atoms with Gasteiger partial charge in [-0.1, -0.05) is 18.2 Å². The normalized spacial score (nSPS) is 11.2. The van der Waals surface area contributed by atoms with E-state index in [0.717, 1.165) is 22.1 Å². The van der Waals surface area contributed by atoms with Gasteiger partial charge < -0.3 is 9.67 Å². The third-order valence-corrected chi connectivity index (χ3v) is 3.45. The minimum atomic E-state index is -0.792. The van der Waals surface area contributed by atoms with E-state index < -0.39 is 5.97 Å². The number of para-hydroxylation sites is 1. The van der Waals surface area contributed by atoms with E-state index >= 15 is 0 Å². The molecule has 4 nitrogen and oxygen atoms in total. The molecule has 0 saturated carbocycles. The molecule has 0 fully saturated rings. The Kier molecular flexibility index (Phi) is 2.71. The molecule has 0 radical (unpaired) electrons. The fourth-order valence-corrected chi connectivity index (χ4v) is 2.47. The summed E-state index contributed by atoms with van der Waals surface area (Å²) in [6, 6.07) is 10.2. The number of aryl methyl sites for hydroxylation is 2. The molecule has 0 aliphatic heterocycles. The summed E-state index contributed by atoms with van der Waals surface area (Å²) < 4.78 is 2.11. The number of pyridine rings is 1. The van der Waals surface area contributed by atoms with E-state index in [2.05, 4.69) is 21.7 Å². The average molecular weight is 254 g/mol. The van der Waals surface area contributed by atoms with Crippen molar-refractivity contribution in [2.24, 2.45) is 7.05 Å². The zero-order chi connectivity index (χ0) is 13.4. The van der Waals surface area contributed by atoms with Crippen LogP contribution < -0.4 is 0 Å². The van der Waals surface area contributed by atoms with Gasteiger partial charge in [0.15, 0.2) is 0 Å². The second kappa shape index (κ2) is 4.39. The molecule has 3 aromatic rings. The van der Waals surface area contributed by atoms with Crippen LogP contribution in [-0.2, 0) is 18.3 Å². The summed E-state index contributed by atoms with van der Waals surface area (Å²) in [5.74, 6) is -0.792. The van der Waals surface area contributed by atoms with Crippen molar-refractivity contribution in [2.45, 2.75) is 12.8 Å². The van der Waals surface area contributed by atoms with Gasteiger partial charge in [-0.15, -0.1) is 0 Å². The van der Waals surface area contributed by atoms with Crippen LogP contribution in [0.2, 0.25) is 0 Å². The monoisotopic (exact) mass is 254 g/mol. The lowest BCUT2D eigenvalue weighted by atomic mass is 10.1. The molecule has 2 heterocycles. The minimum absolute atomic E-state index is 0.114. The maximum atomic E-state index is 10.6. The predicted molar refractivity (Wildman–Crippen MR) is 74.2 cm³/mol. The first-order valence-electron chi connectivity index (χ1n) is 6.20. The molecule has 2 aromatic heterocycles. The molecular formula is C15H14N2O2. The SMILES string of the molecule is Cn1c2ccccc2c2cc(CCC(=O)O)ncc21. The number of carboxylic acid groups (broad SMARTS) is 1. The molecule has 0 unspecified atom stereocenters. The molecule has 0 spiro atoms. The number of aromatic nitrogens is 2. The van der Waals surface area contributed by atoms with Crippen LogP contribution in [0.3, 0.4) is 0 Å². The third-order valence-electron chi connectivity index (χ3n) is 3.45. The van der Waals surface area contributed by atoms with E-state index in [4.69, 9.17) is 5.11 Å². The third kappa shape index (κ3) is 1.95. The van der Waals surface area contributed by atoms with Gasteiger partial charge in [-0.05, 0) is 12.1 Å². The number of nitrogens with zero attached hydrogens (tertiary/aromatic N) is 2. The Morgan fingerprint density at radius 1 is 1.26 bits per heavy atom. The number of hydrogen-bond acceptors (Lipinski definition) is 2. The van der Waals surface area contributed by atoms with Gasteiger partial charge in [0.1, 0.15) is 0 Å². The van der Waals surface area contributed by atoms with Crippen molar-refractivity contribution < 1.29 is 9.90 Å². The molecule has 19 heavy (non-hydrogen) atoms. The lowest BCUT2D eigenvalue weighted by Crippen LogP contribution is -1.99. The Balaban J connectivity index is 2.16. The Morgan fingerprint density at radius 2 is 2.05 bits per heavy atom. The molecule has 0 amide bonds. The van der Waals surface area contributed by atoms with Crippen molar-refractivity contribution in [3.05, 3.63) is 42.2 Å². The zero-order valence-corrected chi connectivity index (χ0v) is 10.6.